The van der Waals surface area contributed by atoms with Gasteiger partial charge in [-0.15, -0.1) is 11.3 Å². The van der Waals surface area contributed by atoms with Crippen LogP contribution in [0.1, 0.15) is 96.0 Å². The number of aromatic nitrogens is 1. The molecule has 1 aromatic carbocycles. The molecule has 270 valence electrons. The maximum atomic E-state index is 13.9. The number of amides is 2. The van der Waals surface area contributed by atoms with Crippen molar-refractivity contribution in [3.8, 4) is 5.75 Å². The molecule has 1 saturated heterocycles. The Morgan fingerprint density at radius 3 is 2.25 bits per heavy atom. The van der Waals surface area contributed by atoms with Gasteiger partial charge in [-0.3, -0.25) is 9.69 Å². The van der Waals surface area contributed by atoms with Crippen molar-refractivity contribution < 1.29 is 41.8 Å². The maximum absolute atomic E-state index is 13.9. The first-order valence-electron chi connectivity index (χ1n) is 16.2. The molecule has 2 atom stereocenters. The average Bonchev–Trinajstić information content (AvgIpc) is 3.58. The predicted octanol–water partition coefficient (Wildman–Crippen LogP) is 8.33. The molecule has 0 aliphatic carbocycles. The molecule has 2 aromatic rings. The smallest absolute Gasteiger partial charge is 0.416 e. The summed E-state index contributed by atoms with van der Waals surface area (Å²) in [6.45, 7) is 22.4. The normalized spacial score (nSPS) is 17.5. The molecule has 48 heavy (non-hydrogen) atoms. The molecule has 1 N–H and O–H groups in total. The van der Waals surface area contributed by atoms with Crippen molar-refractivity contribution in [1.29, 1.82) is 0 Å². The minimum atomic E-state index is -4.72. The number of alkyl halides is 3. The molecular formula is C34H52F3N3O6SSi. The first-order valence-corrected chi connectivity index (χ1v) is 20.0. The summed E-state index contributed by atoms with van der Waals surface area (Å²) >= 11 is 1.30. The number of rotatable bonds is 10. The molecule has 1 fully saturated rings. The number of hydrogen-bond donors (Lipinski definition) is 1. The van der Waals surface area contributed by atoms with E-state index in [1.54, 1.807) is 20.8 Å². The molecule has 0 saturated carbocycles. The highest BCUT2D eigenvalue weighted by Crippen LogP contribution is 2.37. The second-order valence-electron chi connectivity index (χ2n) is 15.9. The minimum absolute atomic E-state index is 0.00235. The van der Waals surface area contributed by atoms with E-state index in [-0.39, 0.29) is 41.1 Å². The van der Waals surface area contributed by atoms with Gasteiger partial charge in [0.2, 0.25) is 0 Å². The van der Waals surface area contributed by atoms with E-state index in [2.05, 4.69) is 25.8 Å². The van der Waals surface area contributed by atoms with Crippen LogP contribution in [-0.2, 0) is 27.3 Å². The summed E-state index contributed by atoms with van der Waals surface area (Å²) in [5, 5.41) is 10.1. The number of carbonyl (C=O) groups excluding carboxylic acids is 1. The molecule has 3 rings (SSSR count). The van der Waals surface area contributed by atoms with Crippen LogP contribution in [-0.4, -0.2) is 72.4 Å². The van der Waals surface area contributed by atoms with E-state index >= 15 is 0 Å². The Morgan fingerprint density at radius 2 is 1.75 bits per heavy atom. The van der Waals surface area contributed by atoms with Crippen molar-refractivity contribution in [3.05, 3.63) is 45.2 Å². The third kappa shape index (κ3) is 10.2. The van der Waals surface area contributed by atoms with E-state index in [0.717, 1.165) is 35.9 Å². The van der Waals surface area contributed by atoms with Crippen LogP contribution in [0.5, 0.6) is 5.75 Å². The Kier molecular flexibility index (Phi) is 12.1. The molecule has 0 spiro atoms. The van der Waals surface area contributed by atoms with Crippen LogP contribution < -0.4 is 9.54 Å². The van der Waals surface area contributed by atoms with E-state index in [0.29, 0.717) is 18.0 Å². The van der Waals surface area contributed by atoms with Gasteiger partial charge in [0.1, 0.15) is 12.4 Å². The highest BCUT2D eigenvalue weighted by atomic mass is 32.1. The molecule has 1 aromatic heterocycles. The van der Waals surface area contributed by atoms with Crippen LogP contribution >= 0.6 is 11.3 Å². The van der Waals surface area contributed by atoms with Gasteiger partial charge in [-0.05, 0) is 75.4 Å². The van der Waals surface area contributed by atoms with Crippen LogP contribution in [0.25, 0.3) is 0 Å². The second-order valence-corrected chi connectivity index (χ2v) is 21.7. The van der Waals surface area contributed by atoms with Crippen LogP contribution in [0.4, 0.5) is 18.0 Å². The van der Waals surface area contributed by atoms with Gasteiger partial charge in [0.05, 0.1) is 36.4 Å². The molecule has 0 bridgehead atoms. The zero-order chi connectivity index (χ0) is 36.5. The standard InChI is InChI=1S/C34H52F3N3O6SSi/c1-31(2,3)27-19-39(18-24-13-12-16-44-24)29(47-27)38-28(41)25-17-22(34(35,36)37)14-15-26(25)45-20-23(40(30(42)43)32(4,5)6)21-46-48(10,11)33(7,8)9/h14-15,17,19,23-24H,12-13,16,18,20-21H2,1-11H3,(H,42,43)/t23-,24-/m1/s1. The second kappa shape index (κ2) is 14.7. The van der Waals surface area contributed by atoms with Gasteiger partial charge in [-0.25, -0.2) is 4.79 Å². The van der Waals surface area contributed by atoms with E-state index in [9.17, 15) is 27.9 Å². The summed E-state index contributed by atoms with van der Waals surface area (Å²) in [7, 11) is -2.33. The first-order chi connectivity index (χ1) is 21.8. The zero-order valence-corrected chi connectivity index (χ0v) is 31.9. The molecular weight excluding hydrogens is 664 g/mol. The molecule has 2 heterocycles. The highest BCUT2D eigenvalue weighted by molar-refractivity contribution is 7.09. The fraction of sp³-hybridized carbons (Fsp3) is 0.676. The summed E-state index contributed by atoms with van der Waals surface area (Å²) in [6.07, 6.45) is -2.27. The number of carboxylic acid groups (broad SMARTS) is 1. The topological polar surface area (TPSA) is 103 Å². The van der Waals surface area contributed by atoms with Gasteiger partial charge in [-0.2, -0.15) is 18.2 Å². The van der Waals surface area contributed by atoms with Crippen LogP contribution in [0.15, 0.2) is 29.4 Å². The van der Waals surface area contributed by atoms with Gasteiger partial charge >= 0.3 is 12.3 Å². The first kappa shape index (κ1) is 39.8. The lowest BCUT2D eigenvalue weighted by atomic mass is 9.95. The van der Waals surface area contributed by atoms with Crippen LogP contribution in [0.2, 0.25) is 18.1 Å². The summed E-state index contributed by atoms with van der Waals surface area (Å²) in [4.78, 5) is 33.2. The summed E-state index contributed by atoms with van der Waals surface area (Å²) in [5.74, 6) is -1.04. The number of nitrogens with zero attached hydrogens (tertiary/aromatic N) is 3. The van der Waals surface area contributed by atoms with Crippen molar-refractivity contribution in [3.63, 3.8) is 0 Å². The van der Waals surface area contributed by atoms with E-state index in [1.807, 2.05) is 44.6 Å². The molecule has 9 nitrogen and oxygen atoms in total. The Labute approximate surface area is 287 Å². The van der Waals surface area contributed by atoms with Crippen LogP contribution in [0.3, 0.4) is 0 Å². The lowest BCUT2D eigenvalue weighted by Crippen LogP contribution is -2.56. The van der Waals surface area contributed by atoms with Gasteiger partial charge in [-0.1, -0.05) is 41.5 Å². The summed E-state index contributed by atoms with van der Waals surface area (Å²) in [5.41, 5.74) is -2.51. The number of ether oxygens (including phenoxy) is 2. The average molecular weight is 716 g/mol. The summed E-state index contributed by atoms with van der Waals surface area (Å²) in [6, 6.07) is 1.84. The molecule has 1 aliphatic rings. The van der Waals surface area contributed by atoms with Gasteiger partial charge in [0.25, 0.3) is 5.91 Å². The van der Waals surface area contributed by atoms with Gasteiger partial charge in [0.15, 0.2) is 13.1 Å². The quantitative estimate of drug-likeness (QED) is 0.248. The van der Waals surface area contributed by atoms with Gasteiger partial charge < -0.3 is 23.6 Å². The number of hydrogen-bond acceptors (Lipinski definition) is 6. The number of benzene rings is 1. The van der Waals surface area contributed by atoms with E-state index in [4.69, 9.17) is 13.9 Å². The largest absolute Gasteiger partial charge is 0.491 e. The number of thiazole rings is 1. The molecule has 1 aliphatic heterocycles. The fourth-order valence-electron chi connectivity index (χ4n) is 4.99. The Hall–Kier alpha value is -2.68. The Balaban J connectivity index is 2.07. The Morgan fingerprint density at radius 1 is 1.10 bits per heavy atom. The molecule has 2 amide bonds. The predicted molar refractivity (Wildman–Crippen MR) is 183 cm³/mol. The van der Waals surface area contributed by atoms with Crippen molar-refractivity contribution in [1.82, 2.24) is 9.47 Å². The Bertz CT molecular complexity index is 1510. The van der Waals surface area contributed by atoms with Gasteiger partial charge in [0, 0.05) is 23.2 Å². The van der Waals surface area contributed by atoms with Crippen molar-refractivity contribution in [2.24, 2.45) is 4.99 Å². The minimum Gasteiger partial charge on any atom is -0.491 e. The molecule has 14 heteroatoms. The number of carbonyl (C=O) groups is 2. The van der Waals surface area contributed by atoms with Crippen molar-refractivity contribution in [2.75, 3.05) is 19.8 Å². The van der Waals surface area contributed by atoms with Crippen molar-refractivity contribution in [2.45, 2.75) is 129 Å². The van der Waals surface area contributed by atoms with Crippen molar-refractivity contribution >= 4 is 31.7 Å². The third-order valence-corrected chi connectivity index (χ3v) is 14.7. The molecule has 0 unspecified atom stereocenters. The lowest BCUT2D eigenvalue weighted by molar-refractivity contribution is -0.137. The highest BCUT2D eigenvalue weighted by Gasteiger charge is 2.41. The number of halogens is 3. The van der Waals surface area contributed by atoms with E-state index in [1.165, 1.54) is 16.2 Å². The zero-order valence-electron chi connectivity index (χ0n) is 30.1. The molecule has 0 radical (unpaired) electrons. The lowest BCUT2D eigenvalue weighted by Gasteiger charge is -2.42. The fourth-order valence-corrected chi connectivity index (χ4v) is 7.09. The van der Waals surface area contributed by atoms with Crippen LogP contribution in [0, 0.1) is 0 Å². The summed E-state index contributed by atoms with van der Waals surface area (Å²) < 4.78 is 61.7. The third-order valence-electron chi connectivity index (χ3n) is 8.79. The maximum Gasteiger partial charge on any atom is 0.416 e. The monoisotopic (exact) mass is 715 g/mol. The van der Waals surface area contributed by atoms with E-state index < -0.39 is 43.6 Å². The SMILES string of the molecule is CC(C)(C)c1cn(C[C@H]2CCCO2)c(=NC(=O)c2cc(C(F)(F)F)ccc2OC[C@H](CO[Si](C)(C)C(C)(C)C)N(C(=O)O)C(C)(C)C)s1.